The second-order valence-electron chi connectivity index (χ2n) is 7.04. The summed E-state index contributed by atoms with van der Waals surface area (Å²) in [5, 5.41) is 4.27. The number of furan rings is 1. The van der Waals surface area contributed by atoms with Crippen LogP contribution in [0.1, 0.15) is 23.0 Å². The molecule has 11 heteroatoms. The highest BCUT2D eigenvalue weighted by Gasteiger charge is 2.20. The summed E-state index contributed by atoms with van der Waals surface area (Å²) in [6, 6.07) is 16.2. The van der Waals surface area contributed by atoms with Crippen LogP contribution >= 0.6 is 11.6 Å². The number of hydrazone groups is 1. The predicted octanol–water partition coefficient (Wildman–Crippen LogP) is 3.69. The van der Waals surface area contributed by atoms with Gasteiger partial charge < -0.3 is 9.15 Å². The third-order valence-corrected chi connectivity index (χ3v) is 5.88. The van der Waals surface area contributed by atoms with Gasteiger partial charge in [-0.15, -0.1) is 0 Å². The van der Waals surface area contributed by atoms with Gasteiger partial charge in [0.15, 0.2) is 0 Å². The van der Waals surface area contributed by atoms with Gasteiger partial charge in [0.2, 0.25) is 10.0 Å². The van der Waals surface area contributed by atoms with Gasteiger partial charge in [0, 0.05) is 10.6 Å². The van der Waals surface area contributed by atoms with Gasteiger partial charge in [-0.25, -0.2) is 18.6 Å². The van der Waals surface area contributed by atoms with Crippen LogP contribution in [0.15, 0.2) is 70.2 Å². The van der Waals surface area contributed by atoms with Crippen molar-refractivity contribution in [1.29, 1.82) is 0 Å². The van der Waals surface area contributed by atoms with Crippen molar-refractivity contribution in [1.82, 2.24) is 5.43 Å². The maximum atomic E-state index is 12.3. The molecule has 0 bridgehead atoms. The molecule has 2 aromatic carbocycles. The third-order valence-electron chi connectivity index (χ3n) is 4.49. The molecule has 0 atom stereocenters. The SMILES string of the molecule is CCOC(=O)c1ccc(-c2ccc(/C=N\NC(=O)CN(c3ccc(Cl)cc3)S(C)(=O)=O)o2)cc1. The lowest BCUT2D eigenvalue weighted by Gasteiger charge is -2.21. The van der Waals surface area contributed by atoms with Crippen LogP contribution in [0.5, 0.6) is 0 Å². The minimum Gasteiger partial charge on any atom is -0.462 e. The number of sulfonamides is 1. The minimum atomic E-state index is -3.71. The Bertz CT molecular complexity index is 1280. The van der Waals surface area contributed by atoms with Crippen LogP contribution in [0, 0.1) is 0 Å². The number of anilines is 1. The third kappa shape index (κ3) is 6.69. The smallest absolute Gasteiger partial charge is 0.338 e. The molecule has 1 N–H and O–H groups in total. The molecule has 34 heavy (non-hydrogen) atoms. The molecule has 3 aromatic rings. The quantitative estimate of drug-likeness (QED) is 0.270. The van der Waals surface area contributed by atoms with Gasteiger partial charge in [0.25, 0.3) is 5.91 Å². The van der Waals surface area contributed by atoms with E-state index in [4.69, 9.17) is 20.8 Å². The van der Waals surface area contributed by atoms with Crippen LogP contribution in [0.2, 0.25) is 5.02 Å². The van der Waals surface area contributed by atoms with E-state index in [2.05, 4.69) is 10.5 Å². The average molecular weight is 504 g/mol. The van der Waals surface area contributed by atoms with Crippen molar-refractivity contribution in [3.8, 4) is 11.3 Å². The highest BCUT2D eigenvalue weighted by atomic mass is 35.5. The topological polar surface area (TPSA) is 118 Å². The molecule has 0 aliphatic heterocycles. The highest BCUT2D eigenvalue weighted by molar-refractivity contribution is 7.92. The molecular formula is C23H22ClN3O6S. The Kier molecular flexibility index (Phi) is 8.08. The Hall–Kier alpha value is -3.63. The van der Waals surface area contributed by atoms with Crippen LogP contribution < -0.4 is 9.73 Å². The van der Waals surface area contributed by atoms with Crippen LogP contribution in [0.25, 0.3) is 11.3 Å². The fourth-order valence-electron chi connectivity index (χ4n) is 2.90. The second kappa shape index (κ2) is 11.0. The van der Waals surface area contributed by atoms with Crippen molar-refractivity contribution >= 4 is 45.4 Å². The Morgan fingerprint density at radius 3 is 2.38 bits per heavy atom. The number of carbonyl (C=O) groups is 2. The Morgan fingerprint density at radius 1 is 1.09 bits per heavy atom. The first-order valence-electron chi connectivity index (χ1n) is 10.1. The summed E-state index contributed by atoms with van der Waals surface area (Å²) < 4.78 is 35.8. The number of hydrogen-bond donors (Lipinski definition) is 1. The van der Waals surface area contributed by atoms with E-state index in [1.54, 1.807) is 43.3 Å². The molecule has 1 heterocycles. The van der Waals surface area contributed by atoms with Gasteiger partial charge in [-0.05, 0) is 55.5 Å². The standard InChI is InChI=1S/C23H22ClN3O6S/c1-3-32-23(29)17-6-4-16(5-7-17)21-13-12-20(33-21)14-25-26-22(28)15-27(34(2,30)31)19-10-8-18(24)9-11-19/h4-14H,3,15H2,1-2H3,(H,26,28)/b25-14-. The number of nitrogens with zero attached hydrogens (tertiary/aromatic N) is 2. The minimum absolute atomic E-state index is 0.297. The molecule has 0 saturated carbocycles. The normalized spacial score (nSPS) is 11.4. The molecule has 0 radical (unpaired) electrons. The Labute approximate surface area is 202 Å². The largest absolute Gasteiger partial charge is 0.462 e. The van der Waals surface area contributed by atoms with Crippen molar-refractivity contribution in [2.75, 3.05) is 23.7 Å². The Morgan fingerprint density at radius 2 is 1.76 bits per heavy atom. The highest BCUT2D eigenvalue weighted by Crippen LogP contribution is 2.22. The number of ether oxygens (including phenoxy) is 1. The molecular weight excluding hydrogens is 482 g/mol. The van der Waals surface area contributed by atoms with Crippen LogP contribution in [-0.2, 0) is 19.6 Å². The fraction of sp³-hybridized carbons (Fsp3) is 0.174. The van der Waals surface area contributed by atoms with Crippen LogP contribution in [0.4, 0.5) is 5.69 Å². The molecule has 0 spiro atoms. The molecule has 1 amide bonds. The van der Waals surface area contributed by atoms with E-state index in [0.717, 1.165) is 16.1 Å². The lowest BCUT2D eigenvalue weighted by molar-refractivity contribution is -0.119. The number of carbonyl (C=O) groups excluding carboxylic acids is 2. The zero-order valence-corrected chi connectivity index (χ0v) is 20.0. The van der Waals surface area contributed by atoms with Crippen LogP contribution in [-0.4, -0.2) is 45.9 Å². The molecule has 9 nitrogen and oxygen atoms in total. The summed E-state index contributed by atoms with van der Waals surface area (Å²) in [4.78, 5) is 24.0. The van der Waals surface area contributed by atoms with E-state index in [0.29, 0.717) is 34.4 Å². The van der Waals surface area contributed by atoms with Gasteiger partial charge in [-0.1, -0.05) is 23.7 Å². The molecule has 0 fully saturated rings. The predicted molar refractivity (Wildman–Crippen MR) is 129 cm³/mol. The van der Waals surface area contributed by atoms with Crippen LogP contribution in [0.3, 0.4) is 0 Å². The Balaban J connectivity index is 1.61. The zero-order chi connectivity index (χ0) is 24.7. The molecule has 0 unspecified atom stereocenters. The summed E-state index contributed by atoms with van der Waals surface area (Å²) in [6.07, 6.45) is 2.29. The van der Waals surface area contributed by atoms with Crippen molar-refractivity contribution in [3.63, 3.8) is 0 Å². The van der Waals surface area contributed by atoms with Gasteiger partial charge in [0.05, 0.1) is 30.3 Å². The van der Waals surface area contributed by atoms with Crippen molar-refractivity contribution in [2.24, 2.45) is 5.10 Å². The summed E-state index contributed by atoms with van der Waals surface area (Å²) >= 11 is 5.84. The number of hydrogen-bond acceptors (Lipinski definition) is 7. The lowest BCUT2D eigenvalue weighted by Crippen LogP contribution is -2.38. The van der Waals surface area contributed by atoms with Gasteiger partial charge in [-0.3, -0.25) is 9.10 Å². The number of halogens is 1. The molecule has 178 valence electrons. The van der Waals surface area contributed by atoms with Crippen molar-refractivity contribution in [3.05, 3.63) is 77.0 Å². The number of esters is 1. The number of amides is 1. The summed E-state index contributed by atoms with van der Waals surface area (Å²) in [5.74, 6) is -0.142. The first kappa shape index (κ1) is 25.0. The first-order valence-corrected chi connectivity index (χ1v) is 12.3. The number of benzene rings is 2. The van der Waals surface area contributed by atoms with Crippen molar-refractivity contribution in [2.45, 2.75) is 6.92 Å². The average Bonchev–Trinajstić information content (AvgIpc) is 3.27. The molecule has 3 rings (SSSR count). The first-order chi connectivity index (χ1) is 16.2. The zero-order valence-electron chi connectivity index (χ0n) is 18.4. The fourth-order valence-corrected chi connectivity index (χ4v) is 3.89. The number of rotatable bonds is 9. The molecule has 0 aliphatic carbocycles. The van der Waals surface area contributed by atoms with E-state index >= 15 is 0 Å². The van der Waals surface area contributed by atoms with Crippen molar-refractivity contribution < 1.29 is 27.2 Å². The maximum absolute atomic E-state index is 12.3. The van der Waals surface area contributed by atoms with Gasteiger partial charge in [-0.2, -0.15) is 5.10 Å². The van der Waals surface area contributed by atoms with Gasteiger partial charge in [0.1, 0.15) is 18.1 Å². The monoisotopic (exact) mass is 503 g/mol. The maximum Gasteiger partial charge on any atom is 0.338 e. The molecule has 1 aromatic heterocycles. The van der Waals surface area contributed by atoms with E-state index in [9.17, 15) is 18.0 Å². The summed E-state index contributed by atoms with van der Waals surface area (Å²) in [7, 11) is -3.71. The van der Waals surface area contributed by atoms with E-state index < -0.39 is 28.4 Å². The van der Waals surface area contributed by atoms with Gasteiger partial charge >= 0.3 is 5.97 Å². The summed E-state index contributed by atoms with van der Waals surface area (Å²) in [6.45, 7) is 1.57. The lowest BCUT2D eigenvalue weighted by atomic mass is 10.1. The van der Waals surface area contributed by atoms with E-state index in [1.807, 2.05) is 0 Å². The number of nitrogens with one attached hydrogen (secondary N) is 1. The summed E-state index contributed by atoms with van der Waals surface area (Å²) in [5.41, 5.74) is 3.76. The molecule has 0 aliphatic rings. The second-order valence-corrected chi connectivity index (χ2v) is 9.38. The molecule has 0 saturated heterocycles. The van der Waals surface area contributed by atoms with E-state index in [-0.39, 0.29) is 0 Å². The van der Waals surface area contributed by atoms with E-state index in [1.165, 1.54) is 30.5 Å².